The van der Waals surface area contributed by atoms with Crippen LogP contribution in [0, 0.1) is 11.6 Å². The number of hydrogen-bond acceptors (Lipinski definition) is 3. The molecule has 4 rings (SSSR count). The third kappa shape index (κ3) is 3.97. The van der Waals surface area contributed by atoms with Crippen LogP contribution >= 0.6 is 12.4 Å². The van der Waals surface area contributed by atoms with Crippen molar-refractivity contribution in [3.63, 3.8) is 0 Å². The molecule has 0 saturated heterocycles. The molecule has 3 aromatic heterocycles. The minimum atomic E-state index is -0.615. The zero-order valence-electron chi connectivity index (χ0n) is 14.2. The number of nitrogens with zero attached hydrogens (tertiary/aromatic N) is 2. The van der Waals surface area contributed by atoms with Crippen LogP contribution in [0.2, 0.25) is 0 Å². The van der Waals surface area contributed by atoms with Crippen LogP contribution in [0.25, 0.3) is 22.2 Å². The summed E-state index contributed by atoms with van der Waals surface area (Å²) in [6, 6.07) is 10.6. The summed E-state index contributed by atoms with van der Waals surface area (Å²) in [4.78, 5) is 11.9. The second kappa shape index (κ2) is 7.82. The molecule has 0 unspecified atom stereocenters. The maximum atomic E-state index is 13.4. The molecule has 0 aliphatic rings. The standard InChI is InChI=1S/C20H16F2N4.ClH/c21-15-6-12(7-16(22)10-15)8-18(23)19-17(2-1-4-24-19)14-9-13-3-5-25-20(13)26-11-14;/h1-7,9-11,18H,8,23H2,(H,25,26);1H/t18-;/m0./s1. The number of nitrogens with one attached hydrogen (secondary N) is 1. The first-order chi connectivity index (χ1) is 12.6. The molecular weight excluding hydrogens is 370 g/mol. The molecule has 3 heterocycles. The van der Waals surface area contributed by atoms with Gasteiger partial charge in [-0.3, -0.25) is 4.98 Å². The lowest BCUT2D eigenvalue weighted by atomic mass is 9.96. The molecule has 0 aliphatic heterocycles. The van der Waals surface area contributed by atoms with Gasteiger partial charge in [-0.25, -0.2) is 13.8 Å². The molecule has 1 aromatic carbocycles. The van der Waals surface area contributed by atoms with Gasteiger partial charge < -0.3 is 10.7 Å². The first-order valence-corrected chi connectivity index (χ1v) is 8.19. The van der Waals surface area contributed by atoms with E-state index in [1.54, 1.807) is 12.4 Å². The second-order valence-electron chi connectivity index (χ2n) is 6.16. The molecule has 4 nitrogen and oxygen atoms in total. The van der Waals surface area contributed by atoms with Crippen LogP contribution in [0.5, 0.6) is 0 Å². The maximum Gasteiger partial charge on any atom is 0.137 e. The first kappa shape index (κ1) is 18.9. The van der Waals surface area contributed by atoms with E-state index in [2.05, 4.69) is 15.0 Å². The van der Waals surface area contributed by atoms with E-state index in [1.807, 2.05) is 30.5 Å². The first-order valence-electron chi connectivity index (χ1n) is 8.19. The molecule has 3 N–H and O–H groups in total. The smallest absolute Gasteiger partial charge is 0.137 e. The summed E-state index contributed by atoms with van der Waals surface area (Å²) in [6.07, 6.45) is 5.52. The summed E-state index contributed by atoms with van der Waals surface area (Å²) in [5, 5.41) is 0.984. The lowest BCUT2D eigenvalue weighted by molar-refractivity contribution is 0.576. The SMILES string of the molecule is Cl.N[C@@H](Cc1cc(F)cc(F)c1)c1ncccc1-c1cnc2[nH]ccc2c1. The highest BCUT2D eigenvalue weighted by Gasteiger charge is 2.16. The van der Waals surface area contributed by atoms with Gasteiger partial charge in [-0.1, -0.05) is 6.07 Å². The molecule has 7 heteroatoms. The number of fused-ring (bicyclic) bond motifs is 1. The maximum absolute atomic E-state index is 13.4. The Bertz CT molecular complexity index is 1060. The lowest BCUT2D eigenvalue weighted by Crippen LogP contribution is -2.16. The molecule has 4 aromatic rings. The van der Waals surface area contributed by atoms with Gasteiger partial charge in [0.2, 0.25) is 0 Å². The Kier molecular flexibility index (Phi) is 5.48. The van der Waals surface area contributed by atoms with Crippen molar-refractivity contribution in [3.05, 3.63) is 83.9 Å². The van der Waals surface area contributed by atoms with E-state index in [1.165, 1.54) is 12.1 Å². The summed E-state index contributed by atoms with van der Waals surface area (Å²) in [5.74, 6) is -1.23. The van der Waals surface area contributed by atoms with Crippen molar-refractivity contribution >= 4 is 23.4 Å². The highest BCUT2D eigenvalue weighted by molar-refractivity contribution is 5.85. The number of aromatic nitrogens is 3. The average molecular weight is 387 g/mol. The van der Waals surface area contributed by atoms with E-state index in [0.717, 1.165) is 28.2 Å². The monoisotopic (exact) mass is 386 g/mol. The number of benzene rings is 1. The van der Waals surface area contributed by atoms with Crippen molar-refractivity contribution in [3.8, 4) is 11.1 Å². The van der Waals surface area contributed by atoms with E-state index in [9.17, 15) is 8.78 Å². The predicted octanol–water partition coefficient (Wildman–Crippen LogP) is 4.57. The minimum Gasteiger partial charge on any atom is -0.346 e. The third-order valence-electron chi connectivity index (χ3n) is 4.28. The second-order valence-corrected chi connectivity index (χ2v) is 6.16. The quantitative estimate of drug-likeness (QED) is 0.540. The Labute approximate surface area is 160 Å². The Morgan fingerprint density at radius 2 is 1.81 bits per heavy atom. The molecule has 0 aliphatic carbocycles. The van der Waals surface area contributed by atoms with Gasteiger partial charge in [-0.15, -0.1) is 12.4 Å². The van der Waals surface area contributed by atoms with Gasteiger partial charge in [0.25, 0.3) is 0 Å². The normalized spacial score (nSPS) is 12.0. The van der Waals surface area contributed by atoms with Crippen molar-refractivity contribution in [2.24, 2.45) is 5.73 Å². The molecule has 0 saturated carbocycles. The Morgan fingerprint density at radius 3 is 2.59 bits per heavy atom. The third-order valence-corrected chi connectivity index (χ3v) is 4.28. The molecule has 0 fully saturated rings. The number of rotatable bonds is 4. The summed E-state index contributed by atoms with van der Waals surface area (Å²) in [6.45, 7) is 0. The molecule has 0 spiro atoms. The van der Waals surface area contributed by atoms with Gasteiger partial charge in [0.1, 0.15) is 17.3 Å². The molecule has 138 valence electrons. The Morgan fingerprint density at radius 1 is 1.04 bits per heavy atom. The molecule has 27 heavy (non-hydrogen) atoms. The topological polar surface area (TPSA) is 67.6 Å². The molecule has 0 bridgehead atoms. The predicted molar refractivity (Wildman–Crippen MR) is 104 cm³/mol. The van der Waals surface area contributed by atoms with Crippen molar-refractivity contribution in [2.75, 3.05) is 0 Å². The van der Waals surface area contributed by atoms with Gasteiger partial charge >= 0.3 is 0 Å². The highest BCUT2D eigenvalue weighted by Crippen LogP contribution is 2.28. The van der Waals surface area contributed by atoms with Gasteiger partial charge in [0, 0.05) is 41.2 Å². The van der Waals surface area contributed by atoms with Crippen LogP contribution < -0.4 is 5.73 Å². The Hall–Kier alpha value is -2.83. The summed E-state index contributed by atoms with van der Waals surface area (Å²) in [7, 11) is 0. The minimum absolute atomic E-state index is 0. The number of halogens is 3. The number of hydrogen-bond donors (Lipinski definition) is 2. The molecule has 1 atom stereocenters. The van der Waals surface area contributed by atoms with Gasteiger partial charge in [-0.2, -0.15) is 0 Å². The number of aromatic amines is 1. The van der Waals surface area contributed by atoms with Crippen molar-refractivity contribution < 1.29 is 8.78 Å². The van der Waals surface area contributed by atoms with Crippen LogP contribution in [0.3, 0.4) is 0 Å². The van der Waals surface area contributed by atoms with E-state index < -0.39 is 17.7 Å². The lowest BCUT2D eigenvalue weighted by Gasteiger charge is -2.16. The van der Waals surface area contributed by atoms with E-state index in [0.29, 0.717) is 11.3 Å². The fourth-order valence-corrected chi connectivity index (χ4v) is 3.12. The summed E-state index contributed by atoms with van der Waals surface area (Å²) in [5.41, 5.74) is 10.0. The zero-order valence-corrected chi connectivity index (χ0v) is 15.0. The number of pyridine rings is 2. The van der Waals surface area contributed by atoms with Crippen LogP contribution in [-0.4, -0.2) is 15.0 Å². The van der Waals surface area contributed by atoms with E-state index in [4.69, 9.17) is 5.73 Å². The summed E-state index contributed by atoms with van der Waals surface area (Å²) >= 11 is 0. The van der Waals surface area contributed by atoms with Crippen LogP contribution in [0.1, 0.15) is 17.3 Å². The fourth-order valence-electron chi connectivity index (χ4n) is 3.12. The zero-order chi connectivity index (χ0) is 18.1. The number of H-pyrrole nitrogens is 1. The fraction of sp³-hybridized carbons (Fsp3) is 0.100. The van der Waals surface area contributed by atoms with Gasteiger partial charge in [-0.05, 0) is 42.3 Å². The summed E-state index contributed by atoms with van der Waals surface area (Å²) < 4.78 is 26.9. The average Bonchev–Trinajstić information content (AvgIpc) is 3.08. The van der Waals surface area contributed by atoms with Gasteiger partial charge in [0.15, 0.2) is 0 Å². The van der Waals surface area contributed by atoms with Gasteiger partial charge in [0.05, 0.1) is 11.7 Å². The molecule has 0 amide bonds. The van der Waals surface area contributed by atoms with E-state index >= 15 is 0 Å². The Balaban J connectivity index is 0.00000210. The number of nitrogens with two attached hydrogens (primary N) is 1. The molecular formula is C20H17ClF2N4. The van der Waals surface area contributed by atoms with Crippen molar-refractivity contribution in [1.29, 1.82) is 0 Å². The van der Waals surface area contributed by atoms with Crippen LogP contribution in [-0.2, 0) is 6.42 Å². The highest BCUT2D eigenvalue weighted by atomic mass is 35.5. The van der Waals surface area contributed by atoms with Crippen LogP contribution in [0.15, 0.2) is 61.1 Å². The van der Waals surface area contributed by atoms with Crippen molar-refractivity contribution in [2.45, 2.75) is 12.5 Å². The van der Waals surface area contributed by atoms with E-state index in [-0.39, 0.29) is 18.8 Å². The van der Waals surface area contributed by atoms with Crippen LogP contribution in [0.4, 0.5) is 8.78 Å². The molecule has 0 radical (unpaired) electrons. The largest absolute Gasteiger partial charge is 0.346 e. The van der Waals surface area contributed by atoms with Crippen molar-refractivity contribution in [1.82, 2.24) is 15.0 Å².